The standard InChI is InChI=1S/C52H40N2/c1-37-31-33-43(53(39-19-7-3-8-20-39)40-21-9-4-10-22-40)35-49(37)51-45-27-15-17-29-47(45)52(48-30-18-16-28-46(48)51)50-36-44(34-32-38(50)2)54(41-23-11-5-12-24-41)42-25-13-6-14-26-42/h3-36H,1-2H3. The summed E-state index contributed by atoms with van der Waals surface area (Å²) in [5, 5.41) is 4.96. The van der Waals surface area contributed by atoms with Gasteiger partial charge in [-0.15, -0.1) is 0 Å². The monoisotopic (exact) mass is 692 g/mol. The van der Waals surface area contributed by atoms with E-state index < -0.39 is 0 Å². The molecule has 0 heterocycles. The Bertz CT molecular complexity index is 2400. The van der Waals surface area contributed by atoms with Crippen LogP contribution in [0.1, 0.15) is 11.1 Å². The zero-order chi connectivity index (χ0) is 36.4. The third-order valence-corrected chi connectivity index (χ3v) is 10.5. The Kier molecular flexibility index (Phi) is 8.70. The van der Waals surface area contributed by atoms with Crippen molar-refractivity contribution in [3.63, 3.8) is 0 Å². The van der Waals surface area contributed by atoms with Crippen molar-refractivity contribution in [1.29, 1.82) is 0 Å². The Morgan fingerprint density at radius 2 is 0.519 bits per heavy atom. The van der Waals surface area contributed by atoms with Crippen LogP contribution in [0.25, 0.3) is 43.8 Å². The largest absolute Gasteiger partial charge is 0.310 e. The van der Waals surface area contributed by atoms with Crippen molar-refractivity contribution < 1.29 is 0 Å². The van der Waals surface area contributed by atoms with Crippen LogP contribution in [0.15, 0.2) is 206 Å². The summed E-state index contributed by atoms with van der Waals surface area (Å²) in [7, 11) is 0. The average Bonchev–Trinajstić information content (AvgIpc) is 3.23. The first kappa shape index (κ1) is 33.0. The highest BCUT2D eigenvalue weighted by Gasteiger charge is 2.22. The average molecular weight is 693 g/mol. The predicted octanol–water partition coefficient (Wildman–Crippen LogP) is 14.9. The van der Waals surface area contributed by atoms with Gasteiger partial charge in [0, 0.05) is 34.1 Å². The first-order valence-electron chi connectivity index (χ1n) is 18.6. The van der Waals surface area contributed by atoms with Crippen molar-refractivity contribution in [3.05, 3.63) is 217 Å². The van der Waals surface area contributed by atoms with E-state index >= 15 is 0 Å². The zero-order valence-corrected chi connectivity index (χ0v) is 30.5. The Hall–Kier alpha value is -6.90. The van der Waals surface area contributed by atoms with Crippen LogP contribution < -0.4 is 9.80 Å². The van der Waals surface area contributed by atoms with Gasteiger partial charge in [-0.2, -0.15) is 0 Å². The number of aryl methyl sites for hydroxylation is 2. The molecule has 9 aromatic rings. The van der Waals surface area contributed by atoms with Crippen molar-refractivity contribution in [2.45, 2.75) is 13.8 Å². The van der Waals surface area contributed by atoms with E-state index in [1.807, 2.05) is 0 Å². The number of anilines is 6. The normalized spacial score (nSPS) is 11.1. The second kappa shape index (κ2) is 14.3. The molecular formula is C52H40N2. The van der Waals surface area contributed by atoms with Gasteiger partial charge in [0.25, 0.3) is 0 Å². The highest BCUT2D eigenvalue weighted by Crippen LogP contribution is 2.48. The van der Waals surface area contributed by atoms with E-state index in [1.54, 1.807) is 0 Å². The number of para-hydroxylation sites is 4. The summed E-state index contributed by atoms with van der Waals surface area (Å²) in [6, 6.07) is 74.3. The van der Waals surface area contributed by atoms with E-state index in [2.05, 4.69) is 230 Å². The summed E-state index contributed by atoms with van der Waals surface area (Å²) in [6.07, 6.45) is 0. The highest BCUT2D eigenvalue weighted by atomic mass is 15.1. The summed E-state index contributed by atoms with van der Waals surface area (Å²) in [4.78, 5) is 4.70. The molecule has 9 rings (SSSR count). The number of nitrogens with zero attached hydrogens (tertiary/aromatic N) is 2. The fourth-order valence-corrected chi connectivity index (χ4v) is 7.95. The van der Waals surface area contributed by atoms with Crippen LogP contribution in [-0.2, 0) is 0 Å². The summed E-state index contributed by atoms with van der Waals surface area (Å²) in [6.45, 7) is 4.47. The van der Waals surface area contributed by atoms with Gasteiger partial charge >= 0.3 is 0 Å². The topological polar surface area (TPSA) is 6.48 Å². The van der Waals surface area contributed by atoms with Gasteiger partial charge in [-0.25, -0.2) is 0 Å². The minimum absolute atomic E-state index is 1.12. The molecule has 0 spiro atoms. The lowest BCUT2D eigenvalue weighted by molar-refractivity contribution is 1.28. The molecule has 0 unspecified atom stereocenters. The molecule has 9 aromatic carbocycles. The van der Waals surface area contributed by atoms with Crippen molar-refractivity contribution in [3.8, 4) is 22.3 Å². The lowest BCUT2D eigenvalue weighted by atomic mass is 9.83. The van der Waals surface area contributed by atoms with Gasteiger partial charge in [-0.1, -0.05) is 133 Å². The van der Waals surface area contributed by atoms with E-state index in [0.29, 0.717) is 0 Å². The van der Waals surface area contributed by atoms with Crippen molar-refractivity contribution in [2.24, 2.45) is 0 Å². The van der Waals surface area contributed by atoms with Gasteiger partial charge in [-0.05, 0) is 142 Å². The van der Waals surface area contributed by atoms with Crippen molar-refractivity contribution >= 4 is 55.7 Å². The van der Waals surface area contributed by atoms with Crippen LogP contribution in [0.4, 0.5) is 34.1 Å². The fraction of sp³-hybridized carbons (Fsp3) is 0.0385. The SMILES string of the molecule is Cc1ccc(N(c2ccccc2)c2ccccc2)cc1-c1c2ccccc2c(-c2cc(N(c3ccccc3)c3ccccc3)ccc2C)c2ccccc12. The smallest absolute Gasteiger partial charge is 0.0467 e. The lowest BCUT2D eigenvalue weighted by Gasteiger charge is -2.27. The lowest BCUT2D eigenvalue weighted by Crippen LogP contribution is -2.10. The minimum Gasteiger partial charge on any atom is -0.310 e. The molecule has 0 amide bonds. The van der Waals surface area contributed by atoms with E-state index in [9.17, 15) is 0 Å². The number of rotatable bonds is 8. The molecule has 54 heavy (non-hydrogen) atoms. The second-order valence-electron chi connectivity index (χ2n) is 13.9. The molecule has 0 radical (unpaired) electrons. The Balaban J connectivity index is 1.28. The number of fused-ring (bicyclic) bond motifs is 2. The molecule has 0 aromatic heterocycles. The maximum Gasteiger partial charge on any atom is 0.0467 e. The van der Waals surface area contributed by atoms with E-state index in [0.717, 1.165) is 34.1 Å². The quantitative estimate of drug-likeness (QED) is 0.146. The van der Waals surface area contributed by atoms with Gasteiger partial charge in [0.15, 0.2) is 0 Å². The first-order chi connectivity index (χ1) is 26.7. The molecule has 0 N–H and O–H groups in total. The van der Waals surface area contributed by atoms with Crippen LogP contribution in [0.5, 0.6) is 0 Å². The van der Waals surface area contributed by atoms with Gasteiger partial charge in [-0.3, -0.25) is 0 Å². The van der Waals surface area contributed by atoms with Crippen LogP contribution in [0, 0.1) is 13.8 Å². The molecule has 0 aliphatic carbocycles. The molecule has 0 saturated heterocycles. The van der Waals surface area contributed by atoms with Crippen LogP contribution in [-0.4, -0.2) is 0 Å². The summed E-state index contributed by atoms with van der Waals surface area (Å²) >= 11 is 0. The minimum atomic E-state index is 1.12. The maximum absolute atomic E-state index is 2.38. The summed E-state index contributed by atoms with van der Waals surface area (Å²) < 4.78 is 0. The highest BCUT2D eigenvalue weighted by molar-refractivity contribution is 6.22. The van der Waals surface area contributed by atoms with Crippen LogP contribution >= 0.6 is 0 Å². The number of hydrogen-bond donors (Lipinski definition) is 0. The van der Waals surface area contributed by atoms with Gasteiger partial charge in [0.1, 0.15) is 0 Å². The van der Waals surface area contributed by atoms with Crippen LogP contribution in [0.2, 0.25) is 0 Å². The van der Waals surface area contributed by atoms with Gasteiger partial charge < -0.3 is 9.80 Å². The molecule has 258 valence electrons. The van der Waals surface area contributed by atoms with Crippen molar-refractivity contribution in [1.82, 2.24) is 0 Å². The Labute approximate surface area is 317 Å². The molecule has 0 aliphatic heterocycles. The molecule has 2 heteroatoms. The van der Waals surface area contributed by atoms with E-state index in [1.165, 1.54) is 54.9 Å². The molecule has 0 aliphatic rings. The van der Waals surface area contributed by atoms with E-state index in [-0.39, 0.29) is 0 Å². The fourth-order valence-electron chi connectivity index (χ4n) is 7.95. The van der Waals surface area contributed by atoms with Crippen molar-refractivity contribution in [2.75, 3.05) is 9.80 Å². The Morgan fingerprint density at radius 1 is 0.259 bits per heavy atom. The van der Waals surface area contributed by atoms with Gasteiger partial charge in [0.05, 0.1) is 0 Å². The maximum atomic E-state index is 2.38. The molecule has 0 fully saturated rings. The molecule has 0 saturated carbocycles. The zero-order valence-electron chi connectivity index (χ0n) is 30.5. The third kappa shape index (κ3) is 5.98. The third-order valence-electron chi connectivity index (χ3n) is 10.5. The molecule has 2 nitrogen and oxygen atoms in total. The predicted molar refractivity (Wildman–Crippen MR) is 231 cm³/mol. The summed E-state index contributed by atoms with van der Waals surface area (Å²) in [5.74, 6) is 0. The first-order valence-corrected chi connectivity index (χ1v) is 18.6. The summed E-state index contributed by atoms with van der Waals surface area (Å²) in [5.41, 5.74) is 14.2. The van der Waals surface area contributed by atoms with Gasteiger partial charge in [0.2, 0.25) is 0 Å². The van der Waals surface area contributed by atoms with Crippen LogP contribution in [0.3, 0.4) is 0 Å². The number of benzene rings is 9. The Morgan fingerprint density at radius 3 is 0.796 bits per heavy atom. The van der Waals surface area contributed by atoms with E-state index in [4.69, 9.17) is 0 Å². The molecular weight excluding hydrogens is 653 g/mol. The molecule has 0 bridgehead atoms. The molecule has 0 atom stereocenters. The second-order valence-corrected chi connectivity index (χ2v) is 13.9. The number of hydrogen-bond acceptors (Lipinski definition) is 2.